The zero-order valence-corrected chi connectivity index (χ0v) is 17.6. The van der Waals surface area contributed by atoms with E-state index in [1.165, 1.54) is 16.8 Å². The number of hydrogen-bond donors (Lipinski definition) is 2. The number of nitrogens with zero attached hydrogens (tertiary/aromatic N) is 4. The van der Waals surface area contributed by atoms with Crippen LogP contribution in [0.5, 0.6) is 0 Å². The Morgan fingerprint density at radius 3 is 2.56 bits per heavy atom. The second-order valence-electron chi connectivity index (χ2n) is 7.52. The summed E-state index contributed by atoms with van der Waals surface area (Å²) in [7, 11) is 0. The maximum Gasteiger partial charge on any atom is 0.251 e. The van der Waals surface area contributed by atoms with Gasteiger partial charge in [-0.25, -0.2) is 4.98 Å². The summed E-state index contributed by atoms with van der Waals surface area (Å²) < 4.78 is 6.78. The van der Waals surface area contributed by atoms with Crippen LogP contribution >= 0.6 is 0 Å². The van der Waals surface area contributed by atoms with Gasteiger partial charge < -0.3 is 20.6 Å². The quantitative estimate of drug-likeness (QED) is 0.479. The molecule has 0 bridgehead atoms. The number of amides is 1. The van der Waals surface area contributed by atoms with Crippen LogP contribution in [0.15, 0.2) is 70.4 Å². The van der Waals surface area contributed by atoms with Gasteiger partial charge in [0.05, 0.1) is 18.1 Å². The number of aromatic nitrogens is 4. The van der Waals surface area contributed by atoms with Gasteiger partial charge in [0.25, 0.3) is 5.56 Å². The lowest BCUT2D eigenvalue weighted by atomic mass is 10.0. The summed E-state index contributed by atoms with van der Waals surface area (Å²) in [5.74, 6) is -0.161. The largest absolute Gasteiger partial charge is 0.368 e. The molecule has 2 unspecified atom stereocenters. The van der Waals surface area contributed by atoms with Crippen molar-refractivity contribution in [1.29, 1.82) is 0 Å². The summed E-state index contributed by atoms with van der Waals surface area (Å²) >= 11 is 0. The van der Waals surface area contributed by atoms with E-state index in [1.807, 2.05) is 31.2 Å². The molecular formula is C23H22N6O3. The van der Waals surface area contributed by atoms with Gasteiger partial charge in [-0.2, -0.15) is 0 Å². The number of rotatable bonds is 6. The average Bonchev–Trinajstić information content (AvgIpc) is 3.29. The zero-order valence-electron chi connectivity index (χ0n) is 17.6. The molecule has 0 saturated heterocycles. The second kappa shape index (κ2) is 8.56. The van der Waals surface area contributed by atoms with Crippen molar-refractivity contribution in [2.24, 2.45) is 11.5 Å². The molecule has 4 rings (SSSR count). The van der Waals surface area contributed by atoms with Crippen molar-refractivity contribution in [3.8, 4) is 34.0 Å². The highest BCUT2D eigenvalue weighted by molar-refractivity contribution is 5.78. The minimum atomic E-state index is -0.789. The van der Waals surface area contributed by atoms with Crippen LogP contribution < -0.4 is 17.0 Å². The van der Waals surface area contributed by atoms with Crippen LogP contribution in [0.25, 0.3) is 34.0 Å². The molecule has 9 nitrogen and oxygen atoms in total. The Hall–Kier alpha value is -4.11. The Balaban J connectivity index is 1.68. The monoisotopic (exact) mass is 430 g/mol. The van der Waals surface area contributed by atoms with E-state index in [0.717, 1.165) is 11.1 Å². The molecule has 0 fully saturated rings. The van der Waals surface area contributed by atoms with Crippen molar-refractivity contribution in [2.75, 3.05) is 0 Å². The van der Waals surface area contributed by atoms with Crippen LogP contribution in [0.2, 0.25) is 0 Å². The summed E-state index contributed by atoms with van der Waals surface area (Å²) in [5.41, 5.74) is 15.1. The number of benzene rings is 1. The third-order valence-electron chi connectivity index (χ3n) is 5.17. The standard InChI is InChI=1S/C23H22N6O3/c1-13(24)15-4-3-5-16(8-15)18-9-21(32-28-18)20-11-26-10-19(27-20)17-6-7-22(30)29(12-17)14(2)23(25)31/h3-14H,24H2,1-2H3,(H2,25,31). The van der Waals surface area contributed by atoms with Gasteiger partial charge in [0.1, 0.15) is 17.4 Å². The Bertz CT molecular complexity index is 1340. The van der Waals surface area contributed by atoms with Gasteiger partial charge in [-0.1, -0.05) is 23.4 Å². The van der Waals surface area contributed by atoms with Crippen LogP contribution in [0.4, 0.5) is 0 Å². The van der Waals surface area contributed by atoms with Crippen molar-refractivity contribution < 1.29 is 9.32 Å². The normalized spacial score (nSPS) is 13.0. The van der Waals surface area contributed by atoms with E-state index in [1.54, 1.807) is 31.5 Å². The van der Waals surface area contributed by atoms with Gasteiger partial charge in [-0.3, -0.25) is 14.6 Å². The first-order valence-electron chi connectivity index (χ1n) is 10.0. The maximum absolute atomic E-state index is 12.1. The fourth-order valence-corrected chi connectivity index (χ4v) is 3.23. The minimum Gasteiger partial charge on any atom is -0.368 e. The van der Waals surface area contributed by atoms with Crippen molar-refractivity contribution in [1.82, 2.24) is 19.7 Å². The lowest BCUT2D eigenvalue weighted by molar-refractivity contribution is -0.120. The van der Waals surface area contributed by atoms with Gasteiger partial charge >= 0.3 is 0 Å². The molecule has 4 N–H and O–H groups in total. The summed E-state index contributed by atoms with van der Waals surface area (Å²) in [6.45, 7) is 3.48. The van der Waals surface area contributed by atoms with Crippen molar-refractivity contribution in [2.45, 2.75) is 25.9 Å². The Kier molecular flexibility index (Phi) is 5.65. The Morgan fingerprint density at radius 1 is 1.03 bits per heavy atom. The van der Waals surface area contributed by atoms with Crippen LogP contribution in [-0.4, -0.2) is 25.6 Å². The van der Waals surface area contributed by atoms with E-state index in [4.69, 9.17) is 16.0 Å². The highest BCUT2D eigenvalue weighted by atomic mass is 16.5. The van der Waals surface area contributed by atoms with E-state index in [2.05, 4.69) is 15.1 Å². The number of pyridine rings is 1. The molecule has 9 heteroatoms. The Labute approximate surface area is 183 Å². The third-order valence-corrected chi connectivity index (χ3v) is 5.17. The summed E-state index contributed by atoms with van der Waals surface area (Å²) in [6.07, 6.45) is 4.66. The molecule has 162 valence electrons. The van der Waals surface area contributed by atoms with E-state index < -0.39 is 11.9 Å². The van der Waals surface area contributed by atoms with E-state index in [0.29, 0.717) is 28.4 Å². The zero-order chi connectivity index (χ0) is 22.8. The summed E-state index contributed by atoms with van der Waals surface area (Å²) in [6, 6.07) is 11.7. The van der Waals surface area contributed by atoms with Crippen LogP contribution in [0.3, 0.4) is 0 Å². The van der Waals surface area contributed by atoms with Crippen molar-refractivity contribution >= 4 is 5.91 Å². The summed E-state index contributed by atoms with van der Waals surface area (Å²) in [4.78, 5) is 32.5. The molecule has 1 aromatic carbocycles. The number of nitrogens with two attached hydrogens (primary N) is 2. The number of carbonyl (C=O) groups excluding carboxylic acids is 1. The Morgan fingerprint density at radius 2 is 1.81 bits per heavy atom. The molecule has 0 spiro atoms. The molecule has 0 radical (unpaired) electrons. The molecular weight excluding hydrogens is 408 g/mol. The van der Waals surface area contributed by atoms with Crippen LogP contribution in [0, 0.1) is 0 Å². The molecule has 1 amide bonds. The number of primary amides is 1. The van der Waals surface area contributed by atoms with E-state index >= 15 is 0 Å². The predicted molar refractivity (Wildman–Crippen MR) is 119 cm³/mol. The van der Waals surface area contributed by atoms with E-state index in [9.17, 15) is 9.59 Å². The lowest BCUT2D eigenvalue weighted by Gasteiger charge is -2.12. The lowest BCUT2D eigenvalue weighted by Crippen LogP contribution is -2.31. The smallest absolute Gasteiger partial charge is 0.251 e. The molecule has 0 saturated carbocycles. The molecule has 32 heavy (non-hydrogen) atoms. The van der Waals surface area contributed by atoms with Gasteiger partial charge in [-0.05, 0) is 31.5 Å². The SMILES string of the molecule is CC(N)c1cccc(-c2cc(-c3cncc(-c4ccc(=O)n(C(C)C(N)=O)c4)n3)on2)c1. The molecule has 2 atom stereocenters. The van der Waals surface area contributed by atoms with Crippen molar-refractivity contribution in [3.63, 3.8) is 0 Å². The molecule has 0 aliphatic carbocycles. The first-order chi connectivity index (χ1) is 15.3. The molecule has 0 aliphatic heterocycles. The van der Waals surface area contributed by atoms with Crippen LogP contribution in [-0.2, 0) is 4.79 Å². The molecule has 3 heterocycles. The van der Waals surface area contributed by atoms with E-state index in [-0.39, 0.29) is 11.6 Å². The summed E-state index contributed by atoms with van der Waals surface area (Å²) in [5, 5.41) is 4.15. The first-order valence-corrected chi connectivity index (χ1v) is 10.0. The topological polar surface area (TPSA) is 143 Å². The average molecular weight is 430 g/mol. The highest BCUT2D eigenvalue weighted by Gasteiger charge is 2.15. The third kappa shape index (κ3) is 4.19. The number of carbonyl (C=O) groups is 1. The fourth-order valence-electron chi connectivity index (χ4n) is 3.23. The molecule has 0 aliphatic rings. The first kappa shape index (κ1) is 21.1. The second-order valence-corrected chi connectivity index (χ2v) is 7.52. The van der Waals surface area contributed by atoms with Gasteiger partial charge in [-0.15, -0.1) is 0 Å². The highest BCUT2D eigenvalue weighted by Crippen LogP contribution is 2.27. The van der Waals surface area contributed by atoms with Gasteiger partial charge in [0, 0.05) is 35.5 Å². The molecule has 3 aromatic heterocycles. The van der Waals surface area contributed by atoms with Crippen LogP contribution in [0.1, 0.15) is 31.5 Å². The maximum atomic E-state index is 12.1. The van der Waals surface area contributed by atoms with Crippen molar-refractivity contribution in [3.05, 3.63) is 77.0 Å². The number of hydrogen-bond acceptors (Lipinski definition) is 7. The minimum absolute atomic E-state index is 0.0931. The van der Waals surface area contributed by atoms with Gasteiger partial charge in [0.15, 0.2) is 5.76 Å². The molecule has 4 aromatic rings. The van der Waals surface area contributed by atoms with Gasteiger partial charge in [0.2, 0.25) is 5.91 Å². The predicted octanol–water partition coefficient (Wildman–Crippen LogP) is 2.69. The fraction of sp³-hybridized carbons (Fsp3) is 0.174.